The van der Waals surface area contributed by atoms with Gasteiger partial charge >= 0.3 is 5.97 Å². The summed E-state index contributed by atoms with van der Waals surface area (Å²) in [7, 11) is 0. The molecule has 1 heterocycles. The lowest BCUT2D eigenvalue weighted by Gasteiger charge is -1.98. The van der Waals surface area contributed by atoms with Crippen molar-refractivity contribution >= 4 is 22.9 Å². The van der Waals surface area contributed by atoms with Gasteiger partial charge in [-0.05, 0) is 18.1 Å². The number of aliphatic carboxylic acids is 1. The van der Waals surface area contributed by atoms with E-state index in [1.165, 1.54) is 0 Å². The van der Waals surface area contributed by atoms with Gasteiger partial charge in [0.25, 0.3) is 0 Å². The topological polar surface area (TPSA) is 53.1 Å². The second-order valence-electron chi connectivity index (χ2n) is 3.77. The SMILES string of the molecule is C=Cc1cccc2c(CC(=O)O)c(C)[nH]c12. The van der Waals surface area contributed by atoms with E-state index in [-0.39, 0.29) is 6.42 Å². The molecule has 0 saturated heterocycles. The Balaban J connectivity index is 2.70. The van der Waals surface area contributed by atoms with Crippen LogP contribution in [0.1, 0.15) is 16.8 Å². The van der Waals surface area contributed by atoms with Crippen molar-refractivity contribution in [3.63, 3.8) is 0 Å². The van der Waals surface area contributed by atoms with Gasteiger partial charge in [-0.25, -0.2) is 0 Å². The predicted octanol–water partition coefficient (Wildman–Crippen LogP) is 2.75. The first-order valence-electron chi connectivity index (χ1n) is 5.08. The second kappa shape index (κ2) is 3.85. The number of rotatable bonds is 3. The van der Waals surface area contributed by atoms with E-state index in [9.17, 15) is 4.79 Å². The summed E-state index contributed by atoms with van der Waals surface area (Å²) in [5.41, 5.74) is 3.72. The van der Waals surface area contributed by atoms with Gasteiger partial charge in [-0.1, -0.05) is 30.9 Å². The summed E-state index contributed by atoms with van der Waals surface area (Å²) in [4.78, 5) is 14.0. The van der Waals surface area contributed by atoms with Crippen LogP contribution < -0.4 is 0 Å². The Kier molecular flexibility index (Phi) is 2.52. The van der Waals surface area contributed by atoms with Crippen molar-refractivity contribution in [2.24, 2.45) is 0 Å². The molecule has 82 valence electrons. The van der Waals surface area contributed by atoms with Gasteiger partial charge in [0, 0.05) is 11.1 Å². The van der Waals surface area contributed by atoms with Gasteiger partial charge in [0.05, 0.1) is 11.9 Å². The van der Waals surface area contributed by atoms with E-state index in [0.717, 1.165) is 27.7 Å². The Labute approximate surface area is 93.4 Å². The summed E-state index contributed by atoms with van der Waals surface area (Å²) >= 11 is 0. The van der Waals surface area contributed by atoms with Gasteiger partial charge in [-0.2, -0.15) is 0 Å². The summed E-state index contributed by atoms with van der Waals surface area (Å²) in [5.74, 6) is -0.812. The van der Waals surface area contributed by atoms with Crippen LogP contribution in [0.4, 0.5) is 0 Å². The fourth-order valence-electron chi connectivity index (χ4n) is 1.98. The Hall–Kier alpha value is -2.03. The average Bonchev–Trinajstić information content (AvgIpc) is 2.55. The molecule has 3 nitrogen and oxygen atoms in total. The standard InChI is InChI=1S/C13H13NO2/c1-3-9-5-4-6-10-11(7-12(15)16)8(2)14-13(9)10/h3-6,14H,1,7H2,2H3,(H,15,16). The molecule has 0 spiro atoms. The highest BCUT2D eigenvalue weighted by molar-refractivity contribution is 5.93. The first kappa shape index (κ1) is 10.5. The first-order chi connectivity index (χ1) is 7.63. The van der Waals surface area contributed by atoms with Crippen molar-refractivity contribution in [3.05, 3.63) is 41.6 Å². The third-order valence-corrected chi connectivity index (χ3v) is 2.73. The molecule has 0 bridgehead atoms. The molecule has 3 heteroatoms. The lowest BCUT2D eigenvalue weighted by atomic mass is 10.1. The van der Waals surface area contributed by atoms with Gasteiger partial charge in [0.2, 0.25) is 0 Å². The van der Waals surface area contributed by atoms with Gasteiger partial charge in [-0.3, -0.25) is 4.79 Å². The fraction of sp³-hybridized carbons (Fsp3) is 0.154. The van der Waals surface area contributed by atoms with Crippen molar-refractivity contribution in [2.45, 2.75) is 13.3 Å². The van der Waals surface area contributed by atoms with Gasteiger partial charge in [0.1, 0.15) is 0 Å². The number of fused-ring (bicyclic) bond motifs is 1. The summed E-state index contributed by atoms with van der Waals surface area (Å²) in [6.45, 7) is 5.64. The minimum absolute atomic E-state index is 0.0480. The Bertz CT molecular complexity index is 567. The van der Waals surface area contributed by atoms with Gasteiger partial charge in [-0.15, -0.1) is 0 Å². The highest BCUT2D eigenvalue weighted by Gasteiger charge is 2.12. The number of para-hydroxylation sites is 1. The van der Waals surface area contributed by atoms with Crippen molar-refractivity contribution < 1.29 is 9.90 Å². The molecule has 0 amide bonds. The molecule has 16 heavy (non-hydrogen) atoms. The van der Waals surface area contributed by atoms with E-state index >= 15 is 0 Å². The summed E-state index contributed by atoms with van der Waals surface area (Å²) in [6, 6.07) is 5.80. The molecule has 0 aliphatic rings. The first-order valence-corrected chi connectivity index (χ1v) is 5.08. The Morgan fingerprint density at radius 3 is 2.94 bits per heavy atom. The molecule has 0 saturated carbocycles. The van der Waals surface area contributed by atoms with Crippen molar-refractivity contribution in [3.8, 4) is 0 Å². The van der Waals surface area contributed by atoms with Crippen LogP contribution in [0.15, 0.2) is 24.8 Å². The normalized spacial score (nSPS) is 10.6. The number of aromatic amines is 1. The lowest BCUT2D eigenvalue weighted by molar-refractivity contribution is -0.136. The van der Waals surface area contributed by atoms with E-state index < -0.39 is 5.97 Å². The van der Waals surface area contributed by atoms with E-state index in [1.807, 2.05) is 25.1 Å². The van der Waals surface area contributed by atoms with Crippen molar-refractivity contribution in [1.82, 2.24) is 4.98 Å². The molecule has 0 radical (unpaired) electrons. The van der Waals surface area contributed by atoms with E-state index in [2.05, 4.69) is 11.6 Å². The maximum absolute atomic E-state index is 10.8. The highest BCUT2D eigenvalue weighted by atomic mass is 16.4. The van der Waals surface area contributed by atoms with Crippen LogP contribution in [0.25, 0.3) is 17.0 Å². The van der Waals surface area contributed by atoms with Crippen molar-refractivity contribution in [1.29, 1.82) is 0 Å². The summed E-state index contributed by atoms with van der Waals surface area (Å²) < 4.78 is 0. The molecule has 2 aromatic rings. The molecular formula is C13H13NO2. The largest absolute Gasteiger partial charge is 0.481 e. The number of carbonyl (C=O) groups is 1. The predicted molar refractivity (Wildman–Crippen MR) is 64.5 cm³/mol. The molecule has 2 rings (SSSR count). The van der Waals surface area contributed by atoms with Gasteiger partial charge in [0.15, 0.2) is 0 Å². The zero-order valence-electron chi connectivity index (χ0n) is 9.08. The molecule has 0 fully saturated rings. The van der Waals surface area contributed by atoms with Crippen LogP contribution in [0.2, 0.25) is 0 Å². The van der Waals surface area contributed by atoms with Crippen LogP contribution in [-0.4, -0.2) is 16.1 Å². The number of hydrogen-bond donors (Lipinski definition) is 2. The Morgan fingerprint density at radius 1 is 1.56 bits per heavy atom. The molecule has 0 atom stereocenters. The molecule has 1 aromatic heterocycles. The van der Waals surface area contributed by atoms with Crippen LogP contribution in [0, 0.1) is 6.92 Å². The molecule has 0 aliphatic carbocycles. The molecule has 1 aromatic carbocycles. The monoisotopic (exact) mass is 215 g/mol. The third kappa shape index (κ3) is 1.60. The number of carboxylic acid groups (broad SMARTS) is 1. The van der Waals surface area contributed by atoms with E-state index in [1.54, 1.807) is 6.08 Å². The number of aromatic nitrogens is 1. The van der Waals surface area contributed by atoms with E-state index in [0.29, 0.717) is 0 Å². The van der Waals surface area contributed by atoms with Crippen molar-refractivity contribution in [2.75, 3.05) is 0 Å². The van der Waals surface area contributed by atoms with Crippen LogP contribution in [0.5, 0.6) is 0 Å². The number of H-pyrrole nitrogens is 1. The van der Waals surface area contributed by atoms with Crippen LogP contribution in [-0.2, 0) is 11.2 Å². The Morgan fingerprint density at radius 2 is 2.31 bits per heavy atom. The number of aryl methyl sites for hydroxylation is 1. The maximum Gasteiger partial charge on any atom is 0.307 e. The zero-order chi connectivity index (χ0) is 11.7. The quantitative estimate of drug-likeness (QED) is 0.827. The molecule has 2 N–H and O–H groups in total. The number of nitrogens with one attached hydrogen (secondary N) is 1. The zero-order valence-corrected chi connectivity index (χ0v) is 9.08. The highest BCUT2D eigenvalue weighted by Crippen LogP contribution is 2.25. The number of benzene rings is 1. The molecule has 0 unspecified atom stereocenters. The lowest BCUT2D eigenvalue weighted by Crippen LogP contribution is -2.00. The fourth-order valence-corrected chi connectivity index (χ4v) is 1.98. The smallest absolute Gasteiger partial charge is 0.307 e. The second-order valence-corrected chi connectivity index (χ2v) is 3.77. The summed E-state index contributed by atoms with van der Waals surface area (Å²) in [5, 5.41) is 9.83. The minimum atomic E-state index is -0.812. The van der Waals surface area contributed by atoms with Crippen LogP contribution >= 0.6 is 0 Å². The molecular weight excluding hydrogens is 202 g/mol. The summed E-state index contributed by atoms with van der Waals surface area (Å²) in [6.07, 6.45) is 1.81. The minimum Gasteiger partial charge on any atom is -0.481 e. The average molecular weight is 215 g/mol. The third-order valence-electron chi connectivity index (χ3n) is 2.73. The number of carboxylic acids is 1. The number of hydrogen-bond acceptors (Lipinski definition) is 1. The van der Waals surface area contributed by atoms with E-state index in [4.69, 9.17) is 5.11 Å². The van der Waals surface area contributed by atoms with Gasteiger partial charge < -0.3 is 10.1 Å². The maximum atomic E-state index is 10.8. The van der Waals surface area contributed by atoms with Crippen LogP contribution in [0.3, 0.4) is 0 Å². The molecule has 0 aliphatic heterocycles.